The zero-order valence-electron chi connectivity index (χ0n) is 15.8. The number of nitrogens with zero attached hydrogens (tertiary/aromatic N) is 2. The Morgan fingerprint density at radius 3 is 2.86 bits per heavy atom. The molecule has 0 bridgehead atoms. The van der Waals surface area contributed by atoms with Gasteiger partial charge in [-0.05, 0) is 42.5 Å². The number of aromatic nitrogens is 3. The van der Waals surface area contributed by atoms with Crippen molar-refractivity contribution in [2.45, 2.75) is 18.4 Å². The molecule has 0 aliphatic carbocycles. The van der Waals surface area contributed by atoms with Crippen molar-refractivity contribution in [2.75, 3.05) is 18.5 Å². The van der Waals surface area contributed by atoms with Gasteiger partial charge in [-0.2, -0.15) is 0 Å². The normalized spacial score (nSPS) is 15.8. The lowest BCUT2D eigenvalue weighted by Crippen LogP contribution is -2.34. The van der Waals surface area contributed by atoms with Gasteiger partial charge >= 0.3 is 0 Å². The van der Waals surface area contributed by atoms with Crippen molar-refractivity contribution in [3.63, 3.8) is 0 Å². The Kier molecular flexibility index (Phi) is 4.39. The predicted octanol–water partition coefficient (Wildman–Crippen LogP) is 3.75. The van der Waals surface area contributed by atoms with Gasteiger partial charge < -0.3 is 20.1 Å². The number of fused-ring (bicyclic) bond motifs is 2. The van der Waals surface area contributed by atoms with Gasteiger partial charge in [0.05, 0.1) is 18.7 Å². The van der Waals surface area contributed by atoms with Gasteiger partial charge in [0.15, 0.2) is 0 Å². The standard InChI is InChI=1S/C23H20N4O2/c28-23(8-11-29-12-9-23)7-5-16-1-3-21-19(13-16)22(26-15-25-21)27-18-2-4-20-17(14-18)6-10-24-20/h1-4,6,10,13-15,24,28H,8-9,11-12H2,(H,25,26,27). The molecule has 3 N–H and O–H groups in total. The second-order valence-electron chi connectivity index (χ2n) is 7.25. The van der Waals surface area contributed by atoms with E-state index in [2.05, 4.69) is 38.2 Å². The van der Waals surface area contributed by atoms with Crippen molar-refractivity contribution in [2.24, 2.45) is 0 Å². The smallest absolute Gasteiger partial charge is 0.141 e. The Labute approximate surface area is 168 Å². The quantitative estimate of drug-likeness (QED) is 0.459. The number of nitrogens with one attached hydrogen (secondary N) is 2. The van der Waals surface area contributed by atoms with Crippen LogP contribution in [0.25, 0.3) is 21.8 Å². The van der Waals surface area contributed by atoms with Crippen LogP contribution < -0.4 is 5.32 Å². The Morgan fingerprint density at radius 2 is 1.97 bits per heavy atom. The molecular weight excluding hydrogens is 364 g/mol. The van der Waals surface area contributed by atoms with Crippen LogP contribution >= 0.6 is 0 Å². The van der Waals surface area contributed by atoms with E-state index >= 15 is 0 Å². The summed E-state index contributed by atoms with van der Waals surface area (Å²) in [5, 5.41) is 16.0. The Hall–Kier alpha value is -3.40. The number of hydrogen-bond acceptors (Lipinski definition) is 5. The third-order valence-electron chi connectivity index (χ3n) is 5.21. The lowest BCUT2D eigenvalue weighted by molar-refractivity contribution is -0.0261. The van der Waals surface area contributed by atoms with Crippen LogP contribution in [0.1, 0.15) is 18.4 Å². The van der Waals surface area contributed by atoms with Gasteiger partial charge in [0.2, 0.25) is 0 Å². The average Bonchev–Trinajstić information content (AvgIpc) is 3.21. The molecule has 0 spiro atoms. The molecule has 0 atom stereocenters. The molecule has 1 fully saturated rings. The number of aliphatic hydroxyl groups is 1. The Morgan fingerprint density at radius 1 is 1.07 bits per heavy atom. The third-order valence-corrected chi connectivity index (χ3v) is 5.21. The zero-order valence-corrected chi connectivity index (χ0v) is 15.8. The summed E-state index contributed by atoms with van der Waals surface area (Å²) in [6, 6.07) is 14.0. The first kappa shape index (κ1) is 17.7. The predicted molar refractivity (Wildman–Crippen MR) is 113 cm³/mol. The number of ether oxygens (including phenoxy) is 1. The van der Waals surface area contributed by atoms with Crippen LogP contribution in [0.3, 0.4) is 0 Å². The van der Waals surface area contributed by atoms with Gasteiger partial charge in [-0.25, -0.2) is 9.97 Å². The first-order valence-electron chi connectivity index (χ1n) is 9.61. The van der Waals surface area contributed by atoms with Gasteiger partial charge in [0, 0.05) is 46.6 Å². The summed E-state index contributed by atoms with van der Waals surface area (Å²) in [5.41, 5.74) is 2.71. The summed E-state index contributed by atoms with van der Waals surface area (Å²) in [7, 11) is 0. The molecule has 3 heterocycles. The van der Waals surface area contributed by atoms with E-state index in [9.17, 15) is 5.11 Å². The topological polar surface area (TPSA) is 83.1 Å². The number of rotatable bonds is 2. The second kappa shape index (κ2) is 7.21. The average molecular weight is 384 g/mol. The van der Waals surface area contributed by atoms with Crippen LogP contribution in [0.2, 0.25) is 0 Å². The van der Waals surface area contributed by atoms with Crippen molar-refractivity contribution in [3.8, 4) is 11.8 Å². The van der Waals surface area contributed by atoms with Crippen molar-refractivity contribution in [1.82, 2.24) is 15.0 Å². The summed E-state index contributed by atoms with van der Waals surface area (Å²) in [4.78, 5) is 12.0. The highest BCUT2D eigenvalue weighted by Crippen LogP contribution is 2.26. The van der Waals surface area contributed by atoms with E-state index in [1.165, 1.54) is 0 Å². The summed E-state index contributed by atoms with van der Waals surface area (Å²) in [6.07, 6.45) is 4.54. The summed E-state index contributed by atoms with van der Waals surface area (Å²) in [5.74, 6) is 6.86. The summed E-state index contributed by atoms with van der Waals surface area (Å²) < 4.78 is 5.31. The Balaban J connectivity index is 1.48. The number of hydrogen-bond donors (Lipinski definition) is 3. The molecule has 5 rings (SSSR count). The fourth-order valence-electron chi connectivity index (χ4n) is 3.52. The van der Waals surface area contributed by atoms with Crippen LogP contribution in [0.15, 0.2) is 55.0 Å². The van der Waals surface area contributed by atoms with Crippen molar-refractivity contribution in [1.29, 1.82) is 0 Å². The Bertz CT molecular complexity index is 1250. The van der Waals surface area contributed by atoms with Crippen LogP contribution in [0.4, 0.5) is 11.5 Å². The van der Waals surface area contributed by atoms with Crippen LogP contribution in [0, 0.1) is 11.8 Å². The zero-order chi connectivity index (χ0) is 19.7. The second-order valence-corrected chi connectivity index (χ2v) is 7.25. The number of aromatic amines is 1. The first-order valence-corrected chi connectivity index (χ1v) is 9.61. The maximum absolute atomic E-state index is 10.6. The number of benzene rings is 2. The molecule has 144 valence electrons. The van der Waals surface area contributed by atoms with Crippen LogP contribution in [-0.2, 0) is 4.74 Å². The van der Waals surface area contributed by atoms with E-state index in [1.807, 2.05) is 42.6 Å². The monoisotopic (exact) mass is 384 g/mol. The molecule has 1 aliphatic heterocycles. The van der Waals surface area contributed by atoms with E-state index in [1.54, 1.807) is 6.33 Å². The first-order chi connectivity index (χ1) is 14.2. The SMILES string of the molecule is OC1(C#Cc2ccc3ncnc(Nc4ccc5[nH]ccc5c4)c3c2)CCOCC1. The molecular formula is C23H20N4O2. The van der Waals surface area contributed by atoms with Gasteiger partial charge in [-0.1, -0.05) is 11.8 Å². The highest BCUT2D eigenvalue weighted by Gasteiger charge is 2.27. The van der Waals surface area contributed by atoms with Crippen molar-refractivity contribution >= 4 is 33.3 Å². The molecule has 1 saturated heterocycles. The van der Waals surface area contributed by atoms with E-state index < -0.39 is 5.60 Å². The molecule has 6 heteroatoms. The van der Waals surface area contributed by atoms with E-state index in [-0.39, 0.29) is 0 Å². The van der Waals surface area contributed by atoms with E-state index in [0.717, 1.165) is 38.9 Å². The van der Waals surface area contributed by atoms with Crippen LogP contribution in [-0.4, -0.2) is 38.9 Å². The minimum absolute atomic E-state index is 0.533. The molecule has 0 unspecified atom stereocenters. The maximum atomic E-state index is 10.6. The molecule has 1 aliphatic rings. The van der Waals surface area contributed by atoms with Crippen molar-refractivity contribution < 1.29 is 9.84 Å². The summed E-state index contributed by atoms with van der Waals surface area (Å²) >= 11 is 0. The van der Waals surface area contributed by atoms with Crippen LogP contribution in [0.5, 0.6) is 0 Å². The lowest BCUT2D eigenvalue weighted by atomic mass is 9.95. The lowest BCUT2D eigenvalue weighted by Gasteiger charge is -2.26. The van der Waals surface area contributed by atoms with Gasteiger partial charge in [0.1, 0.15) is 17.7 Å². The highest BCUT2D eigenvalue weighted by atomic mass is 16.5. The van der Waals surface area contributed by atoms with E-state index in [0.29, 0.717) is 26.1 Å². The summed E-state index contributed by atoms with van der Waals surface area (Å²) in [6.45, 7) is 1.08. The molecule has 2 aromatic heterocycles. The molecule has 29 heavy (non-hydrogen) atoms. The molecule has 2 aromatic carbocycles. The van der Waals surface area contributed by atoms with Gasteiger partial charge in [-0.3, -0.25) is 0 Å². The van der Waals surface area contributed by atoms with Crippen molar-refractivity contribution in [3.05, 3.63) is 60.6 Å². The number of anilines is 2. The molecule has 0 saturated carbocycles. The number of H-pyrrole nitrogens is 1. The largest absolute Gasteiger partial charge is 0.381 e. The maximum Gasteiger partial charge on any atom is 0.141 e. The molecule has 0 amide bonds. The third kappa shape index (κ3) is 3.66. The fraction of sp³-hybridized carbons (Fsp3) is 0.217. The minimum Gasteiger partial charge on any atom is -0.381 e. The fourth-order valence-corrected chi connectivity index (χ4v) is 3.52. The minimum atomic E-state index is -0.979. The van der Waals surface area contributed by atoms with Gasteiger partial charge in [0.25, 0.3) is 0 Å². The molecule has 4 aromatic rings. The highest BCUT2D eigenvalue weighted by molar-refractivity contribution is 5.92. The van der Waals surface area contributed by atoms with Gasteiger partial charge in [-0.15, -0.1) is 0 Å². The van der Waals surface area contributed by atoms with E-state index in [4.69, 9.17) is 4.74 Å². The molecule has 6 nitrogen and oxygen atoms in total. The molecule has 0 radical (unpaired) electrons.